The van der Waals surface area contributed by atoms with Gasteiger partial charge in [-0.25, -0.2) is 0 Å². The van der Waals surface area contributed by atoms with Gasteiger partial charge in [0.1, 0.15) is 0 Å². The maximum atomic E-state index is 12.8. The predicted molar refractivity (Wildman–Crippen MR) is 112 cm³/mol. The lowest BCUT2D eigenvalue weighted by molar-refractivity contribution is -0.127. The van der Waals surface area contributed by atoms with Crippen molar-refractivity contribution in [3.63, 3.8) is 0 Å². The molecule has 1 N–H and O–H groups in total. The summed E-state index contributed by atoms with van der Waals surface area (Å²) in [7, 11) is 0. The molecule has 1 saturated heterocycles. The Kier molecular flexibility index (Phi) is 6.33. The van der Waals surface area contributed by atoms with Crippen LogP contribution in [0.4, 0.5) is 0 Å². The summed E-state index contributed by atoms with van der Waals surface area (Å²) in [6.07, 6.45) is 1.88. The van der Waals surface area contributed by atoms with Crippen LogP contribution >= 0.6 is 0 Å². The number of rotatable bonds is 5. The Morgan fingerprint density at radius 3 is 2.48 bits per heavy atom. The summed E-state index contributed by atoms with van der Waals surface area (Å²) in [6.45, 7) is 11.4. The van der Waals surface area contributed by atoms with Gasteiger partial charge in [-0.15, -0.1) is 0 Å². The van der Waals surface area contributed by atoms with Crippen LogP contribution in [-0.2, 0) is 11.3 Å². The molecule has 2 aromatic carbocycles. The van der Waals surface area contributed by atoms with Crippen LogP contribution in [0, 0.1) is 26.7 Å². The maximum absolute atomic E-state index is 12.8. The number of benzene rings is 2. The number of carbonyl (C=O) groups excluding carboxylic acids is 1. The van der Waals surface area contributed by atoms with Crippen molar-refractivity contribution >= 4 is 5.91 Å². The molecule has 0 unspecified atom stereocenters. The van der Waals surface area contributed by atoms with Crippen LogP contribution in [-0.4, -0.2) is 23.9 Å². The van der Waals surface area contributed by atoms with Crippen LogP contribution in [0.1, 0.15) is 53.6 Å². The summed E-state index contributed by atoms with van der Waals surface area (Å²) in [5, 5.41) is 3.25. The molecule has 0 bridgehead atoms. The molecule has 3 heteroatoms. The van der Waals surface area contributed by atoms with Crippen molar-refractivity contribution in [2.45, 2.75) is 53.1 Å². The molecule has 144 valence electrons. The molecular formula is C24H32N2O. The number of piperidine rings is 1. The van der Waals surface area contributed by atoms with Crippen molar-refractivity contribution < 1.29 is 4.79 Å². The number of hydrogen-bond acceptors (Lipinski definition) is 2. The highest BCUT2D eigenvalue weighted by Crippen LogP contribution is 2.23. The Bertz CT molecular complexity index is 791. The highest BCUT2D eigenvalue weighted by Gasteiger charge is 2.26. The van der Waals surface area contributed by atoms with E-state index in [4.69, 9.17) is 0 Å². The minimum atomic E-state index is 0.0581. The number of hydrogen-bond donors (Lipinski definition) is 1. The molecule has 3 rings (SSSR count). The summed E-state index contributed by atoms with van der Waals surface area (Å²) in [5.41, 5.74) is 6.37. The fourth-order valence-corrected chi connectivity index (χ4v) is 4.06. The van der Waals surface area contributed by atoms with Crippen LogP contribution in [0.3, 0.4) is 0 Å². The second kappa shape index (κ2) is 8.71. The van der Waals surface area contributed by atoms with Crippen LogP contribution in [0.25, 0.3) is 0 Å². The molecule has 1 heterocycles. The maximum Gasteiger partial charge on any atom is 0.223 e. The fourth-order valence-electron chi connectivity index (χ4n) is 4.06. The molecule has 1 fully saturated rings. The number of nitrogens with zero attached hydrogens (tertiary/aromatic N) is 1. The molecule has 0 spiro atoms. The van der Waals surface area contributed by atoms with Crippen molar-refractivity contribution in [2.75, 3.05) is 13.1 Å². The molecule has 0 saturated carbocycles. The topological polar surface area (TPSA) is 32.3 Å². The van der Waals surface area contributed by atoms with Crippen LogP contribution in [0.15, 0.2) is 42.5 Å². The molecule has 1 aliphatic rings. The summed E-state index contributed by atoms with van der Waals surface area (Å²) in [5.74, 6) is 0.338. The lowest BCUT2D eigenvalue weighted by Crippen LogP contribution is -2.41. The highest BCUT2D eigenvalue weighted by atomic mass is 16.1. The summed E-state index contributed by atoms with van der Waals surface area (Å²) >= 11 is 0. The monoisotopic (exact) mass is 364 g/mol. The minimum absolute atomic E-state index is 0.0581. The Morgan fingerprint density at radius 2 is 1.78 bits per heavy atom. The molecule has 0 aliphatic carbocycles. The van der Waals surface area contributed by atoms with E-state index >= 15 is 0 Å². The molecule has 0 radical (unpaired) electrons. The van der Waals surface area contributed by atoms with Crippen molar-refractivity contribution in [3.05, 3.63) is 70.3 Å². The Labute approximate surface area is 163 Å². The second-order valence-electron chi connectivity index (χ2n) is 8.13. The van der Waals surface area contributed by atoms with Crippen molar-refractivity contribution in [1.29, 1.82) is 0 Å². The van der Waals surface area contributed by atoms with E-state index in [0.717, 1.165) is 32.5 Å². The first-order valence-corrected chi connectivity index (χ1v) is 10.1. The number of nitrogens with one attached hydrogen (secondary N) is 1. The zero-order chi connectivity index (χ0) is 19.4. The molecule has 0 aromatic heterocycles. The van der Waals surface area contributed by atoms with E-state index in [9.17, 15) is 4.79 Å². The standard InChI is InChI=1S/C24H32N2O/c1-17-6-5-7-21(14-17)16-26-12-10-22(11-13-26)24(27)25-20(4)23-15-18(2)8-9-19(23)3/h5-9,14-15,20,22H,10-13,16H2,1-4H3,(H,25,27)/t20-/m1/s1. The van der Waals surface area contributed by atoms with Crippen LogP contribution < -0.4 is 5.32 Å². The van der Waals surface area contributed by atoms with Gasteiger partial charge in [0.15, 0.2) is 0 Å². The first-order chi connectivity index (χ1) is 12.9. The zero-order valence-corrected chi connectivity index (χ0v) is 17.1. The molecule has 2 aromatic rings. The number of aryl methyl sites for hydroxylation is 3. The second-order valence-corrected chi connectivity index (χ2v) is 8.13. The van der Waals surface area contributed by atoms with E-state index in [1.54, 1.807) is 0 Å². The van der Waals surface area contributed by atoms with Gasteiger partial charge in [-0.1, -0.05) is 53.6 Å². The van der Waals surface area contributed by atoms with E-state index in [2.05, 4.69) is 80.4 Å². The van der Waals surface area contributed by atoms with Gasteiger partial charge in [0.25, 0.3) is 0 Å². The quantitative estimate of drug-likeness (QED) is 0.834. The first kappa shape index (κ1) is 19.6. The fraction of sp³-hybridized carbons (Fsp3) is 0.458. The first-order valence-electron chi connectivity index (χ1n) is 10.1. The lowest BCUT2D eigenvalue weighted by Gasteiger charge is -2.32. The SMILES string of the molecule is Cc1cccc(CN2CCC(C(=O)N[C@H](C)c3cc(C)ccc3C)CC2)c1. The van der Waals surface area contributed by atoms with Gasteiger partial charge in [0.2, 0.25) is 5.91 Å². The summed E-state index contributed by atoms with van der Waals surface area (Å²) < 4.78 is 0. The average molecular weight is 365 g/mol. The normalized spacial score (nSPS) is 16.9. The number of likely N-dealkylation sites (tertiary alicyclic amines) is 1. The van der Waals surface area contributed by atoms with Gasteiger partial charge in [-0.2, -0.15) is 0 Å². The molecule has 1 atom stereocenters. The predicted octanol–water partition coefficient (Wildman–Crippen LogP) is 4.70. The third-order valence-electron chi connectivity index (χ3n) is 5.71. The smallest absolute Gasteiger partial charge is 0.223 e. The minimum Gasteiger partial charge on any atom is -0.349 e. The van der Waals surface area contributed by atoms with Crippen molar-refractivity contribution in [2.24, 2.45) is 5.92 Å². The molecular weight excluding hydrogens is 332 g/mol. The van der Waals surface area contributed by atoms with E-state index in [1.807, 2.05) is 0 Å². The average Bonchev–Trinajstić information content (AvgIpc) is 2.64. The van der Waals surface area contributed by atoms with Crippen molar-refractivity contribution in [1.82, 2.24) is 10.2 Å². The van der Waals surface area contributed by atoms with E-state index in [1.165, 1.54) is 27.8 Å². The van der Waals surface area contributed by atoms with E-state index < -0.39 is 0 Å². The van der Waals surface area contributed by atoms with Gasteiger partial charge in [-0.3, -0.25) is 9.69 Å². The van der Waals surface area contributed by atoms with Gasteiger partial charge >= 0.3 is 0 Å². The van der Waals surface area contributed by atoms with Gasteiger partial charge in [0, 0.05) is 12.5 Å². The number of amides is 1. The third kappa shape index (κ3) is 5.20. The summed E-state index contributed by atoms with van der Waals surface area (Å²) in [6, 6.07) is 15.2. The third-order valence-corrected chi connectivity index (χ3v) is 5.71. The highest BCUT2D eigenvalue weighted by molar-refractivity contribution is 5.79. The van der Waals surface area contributed by atoms with Gasteiger partial charge in [-0.05, 0) is 70.3 Å². The molecule has 1 amide bonds. The van der Waals surface area contributed by atoms with Gasteiger partial charge in [0.05, 0.1) is 6.04 Å². The molecule has 27 heavy (non-hydrogen) atoms. The molecule has 1 aliphatic heterocycles. The van der Waals surface area contributed by atoms with E-state index in [-0.39, 0.29) is 17.9 Å². The van der Waals surface area contributed by atoms with E-state index in [0.29, 0.717) is 0 Å². The number of carbonyl (C=O) groups is 1. The van der Waals surface area contributed by atoms with Crippen LogP contribution in [0.2, 0.25) is 0 Å². The summed E-state index contributed by atoms with van der Waals surface area (Å²) in [4.78, 5) is 15.2. The Hall–Kier alpha value is -2.13. The Balaban J connectivity index is 1.51. The van der Waals surface area contributed by atoms with Crippen molar-refractivity contribution in [3.8, 4) is 0 Å². The molecule has 3 nitrogen and oxygen atoms in total. The zero-order valence-electron chi connectivity index (χ0n) is 17.1. The lowest BCUT2D eigenvalue weighted by atomic mass is 9.94. The largest absolute Gasteiger partial charge is 0.349 e. The van der Waals surface area contributed by atoms with Crippen LogP contribution in [0.5, 0.6) is 0 Å². The van der Waals surface area contributed by atoms with Gasteiger partial charge < -0.3 is 5.32 Å². The Morgan fingerprint density at radius 1 is 1.07 bits per heavy atom.